The van der Waals surface area contributed by atoms with E-state index < -0.39 is 213 Å². The van der Waals surface area contributed by atoms with Crippen molar-refractivity contribution in [2.75, 3.05) is 127 Å². The van der Waals surface area contributed by atoms with E-state index in [0.717, 1.165) is 0 Å². The lowest BCUT2D eigenvalue weighted by molar-refractivity contribution is -0.308. The Bertz CT molecular complexity index is 2010. The van der Waals surface area contributed by atoms with Gasteiger partial charge in [0.25, 0.3) is 0 Å². The summed E-state index contributed by atoms with van der Waals surface area (Å²) in [5.41, 5.74) is 0. The van der Waals surface area contributed by atoms with Gasteiger partial charge in [-0.25, -0.2) is 0 Å². The third kappa shape index (κ3) is 22.1. The SMILES string of the molecule is COCC1OC(COCC(C)O)C(COCC2CC(COC3OC(COCC(C)O)C(O)C(O)C3O)C(COCC3OC(COCC(C)O)C(COCC4CC(COC5OC(COCC(C)O)C(O)C(O)C5O)C(OC)C(O)C4O)C(O)C3O)C(O)C2O)C(O)C1O. The van der Waals surface area contributed by atoms with Crippen molar-refractivity contribution in [3.8, 4) is 0 Å². The van der Waals surface area contributed by atoms with Crippen LogP contribution in [0.3, 0.4) is 0 Å². The molecule has 92 heavy (non-hydrogen) atoms. The van der Waals surface area contributed by atoms with Crippen molar-refractivity contribution < 1.29 is 163 Å². The molecule has 33 heteroatoms. The van der Waals surface area contributed by atoms with Crippen molar-refractivity contribution in [1.29, 1.82) is 0 Å². The largest absolute Gasteiger partial charge is 0.391 e. The molecule has 0 aromatic carbocycles. The molecule has 34 atom stereocenters. The Hall–Kier alpha value is -1.32. The van der Waals surface area contributed by atoms with Crippen LogP contribution >= 0.6 is 0 Å². The van der Waals surface area contributed by atoms with E-state index in [2.05, 4.69) is 0 Å². The highest BCUT2D eigenvalue weighted by molar-refractivity contribution is 4.99. The summed E-state index contributed by atoms with van der Waals surface area (Å²) in [5.74, 6) is -5.92. The van der Waals surface area contributed by atoms with Gasteiger partial charge in [-0.05, 0) is 46.5 Å². The topological polar surface area (TPSA) is 503 Å². The monoisotopic (exact) mass is 1340 g/mol. The number of methoxy groups -OCH3 is 2. The fraction of sp³-hybridized carbons (Fsp3) is 1.00. The van der Waals surface area contributed by atoms with E-state index in [1.165, 1.54) is 41.9 Å². The third-order valence-electron chi connectivity index (χ3n) is 18.0. The third-order valence-corrected chi connectivity index (χ3v) is 18.0. The Morgan fingerprint density at radius 2 is 0.620 bits per heavy atom. The normalized spacial score (nSPS) is 43.6. The summed E-state index contributed by atoms with van der Waals surface area (Å²) in [6.07, 6.45) is -35.6. The lowest BCUT2D eigenvalue weighted by Crippen LogP contribution is -2.60. The zero-order chi connectivity index (χ0) is 67.7. The first kappa shape index (κ1) is 79.7. The lowest BCUT2D eigenvalue weighted by Gasteiger charge is -2.45. The van der Waals surface area contributed by atoms with Gasteiger partial charge >= 0.3 is 0 Å². The predicted octanol–water partition coefficient (Wildman–Crippen LogP) is -8.52. The molecule has 2 saturated carbocycles. The minimum Gasteiger partial charge on any atom is -0.391 e. The van der Waals surface area contributed by atoms with E-state index in [0.29, 0.717) is 0 Å². The van der Waals surface area contributed by atoms with Gasteiger partial charge in [-0.2, -0.15) is 0 Å². The molecule has 0 radical (unpaired) electrons. The lowest BCUT2D eigenvalue weighted by atomic mass is 9.71. The first-order valence-corrected chi connectivity index (χ1v) is 31.8. The highest BCUT2D eigenvalue weighted by Crippen LogP contribution is 2.39. The quantitative estimate of drug-likeness (QED) is 0.0275. The average molecular weight is 1350 g/mol. The number of hydrogen-bond acceptors (Lipinski definition) is 33. The van der Waals surface area contributed by atoms with Crippen LogP contribution in [-0.4, -0.2) is 384 Å². The van der Waals surface area contributed by atoms with Crippen LogP contribution in [0, 0.1) is 41.4 Å². The van der Waals surface area contributed by atoms with Gasteiger partial charge in [0.1, 0.15) is 79.4 Å². The molecule has 0 amide bonds. The molecule has 6 fully saturated rings. The molecule has 4 saturated heterocycles. The summed E-state index contributed by atoms with van der Waals surface area (Å²) in [6, 6.07) is 0. The molecule has 6 rings (SSSR count). The Morgan fingerprint density at radius 1 is 0.293 bits per heavy atom. The molecule has 6 aliphatic rings. The molecule has 0 aromatic heterocycles. The first-order valence-electron chi connectivity index (χ1n) is 31.8. The maximum absolute atomic E-state index is 11.9. The Labute approximate surface area is 535 Å². The fourth-order valence-corrected chi connectivity index (χ4v) is 12.8. The predicted molar refractivity (Wildman–Crippen MR) is 309 cm³/mol. The molecule has 0 spiro atoms. The van der Waals surface area contributed by atoms with Gasteiger partial charge in [0.2, 0.25) is 0 Å². The zero-order valence-corrected chi connectivity index (χ0v) is 53.2. The smallest absolute Gasteiger partial charge is 0.186 e. The van der Waals surface area contributed by atoms with Gasteiger partial charge < -0.3 is 163 Å². The van der Waals surface area contributed by atoms with Crippen LogP contribution in [0.2, 0.25) is 0 Å². The highest BCUT2D eigenvalue weighted by atomic mass is 16.7. The summed E-state index contributed by atoms with van der Waals surface area (Å²) in [7, 11) is 2.73. The van der Waals surface area contributed by atoms with Crippen LogP contribution in [0.4, 0.5) is 0 Å². The molecule has 0 bridgehead atoms. The number of ether oxygens (including phenoxy) is 15. The van der Waals surface area contributed by atoms with Gasteiger partial charge in [-0.1, -0.05) is 0 Å². The molecule has 33 nitrogen and oxygen atoms in total. The van der Waals surface area contributed by atoms with Crippen molar-refractivity contribution in [3.05, 3.63) is 0 Å². The molecule has 2 aliphatic carbocycles. The standard InChI is InChI=1S/C59H108O33/c1-26(60)9-80-21-37-35(46(67)48(69)39(89-37)20-78-5)18-84-13-31-7-30(15-87-58-55(76)52(73)50(71)41(91-58)24-82-11-28(3)62)34(45(66)43(31)64)17-86-23-40-49(70)47(68)36(38(90-40)22-81-10-27(2)61)19-85-14-32-8-33(57(79-6)54(75)44(32)65)16-88-59-56(77)53(74)51(72)42(92-59)25-83-12-29(4)63/h26-77H,7-25H2,1-6H3. The minimum absolute atomic E-state index is 0.0461. The summed E-state index contributed by atoms with van der Waals surface area (Å²) in [6.45, 7) is 2.40. The van der Waals surface area contributed by atoms with E-state index in [9.17, 15) is 91.9 Å². The van der Waals surface area contributed by atoms with Crippen molar-refractivity contribution in [1.82, 2.24) is 0 Å². The number of rotatable bonds is 37. The van der Waals surface area contributed by atoms with Gasteiger partial charge in [-0.15, -0.1) is 0 Å². The maximum Gasteiger partial charge on any atom is 0.186 e. The molecule has 0 aromatic rings. The zero-order valence-electron chi connectivity index (χ0n) is 53.2. The summed E-state index contributed by atoms with van der Waals surface area (Å²) < 4.78 is 87.3. The van der Waals surface area contributed by atoms with Crippen molar-refractivity contribution >= 4 is 0 Å². The average Bonchev–Trinajstić information content (AvgIpc) is 0.928. The number of aliphatic hydroxyl groups is 18. The van der Waals surface area contributed by atoms with Crippen LogP contribution in [0.5, 0.6) is 0 Å². The Morgan fingerprint density at radius 3 is 1.03 bits per heavy atom. The van der Waals surface area contributed by atoms with Crippen LogP contribution < -0.4 is 0 Å². The van der Waals surface area contributed by atoms with Crippen LogP contribution in [0.25, 0.3) is 0 Å². The molecular formula is C59H108O33. The Kier molecular flexibility index (Phi) is 33.7. The van der Waals surface area contributed by atoms with Crippen molar-refractivity contribution in [2.24, 2.45) is 41.4 Å². The van der Waals surface area contributed by atoms with Gasteiger partial charge in [0.05, 0.1) is 186 Å². The molecule has 542 valence electrons. The summed E-state index contributed by atoms with van der Waals surface area (Å²) in [5, 5.41) is 195. The maximum atomic E-state index is 11.9. The van der Waals surface area contributed by atoms with Crippen LogP contribution in [0.15, 0.2) is 0 Å². The second-order valence-electron chi connectivity index (χ2n) is 25.9. The second kappa shape index (κ2) is 38.9. The van der Waals surface area contributed by atoms with E-state index in [4.69, 9.17) is 71.1 Å². The van der Waals surface area contributed by atoms with E-state index in [1.54, 1.807) is 0 Å². The summed E-state index contributed by atoms with van der Waals surface area (Å²) >= 11 is 0. The van der Waals surface area contributed by atoms with E-state index in [1.807, 2.05) is 0 Å². The molecular weight excluding hydrogens is 1240 g/mol. The van der Waals surface area contributed by atoms with Gasteiger partial charge in [0, 0.05) is 49.7 Å². The molecule has 34 unspecified atom stereocenters. The fourth-order valence-electron chi connectivity index (χ4n) is 12.8. The van der Waals surface area contributed by atoms with E-state index >= 15 is 0 Å². The second-order valence-corrected chi connectivity index (χ2v) is 25.9. The molecule has 4 heterocycles. The number of aliphatic hydroxyl groups excluding tert-OH is 18. The highest BCUT2D eigenvalue weighted by Gasteiger charge is 2.52. The number of hydrogen-bond donors (Lipinski definition) is 18. The van der Waals surface area contributed by atoms with Gasteiger partial charge in [-0.3, -0.25) is 0 Å². The molecule has 18 N–H and O–H groups in total. The van der Waals surface area contributed by atoms with Crippen LogP contribution in [0.1, 0.15) is 40.5 Å². The Balaban J connectivity index is 1.11. The van der Waals surface area contributed by atoms with Crippen molar-refractivity contribution in [3.63, 3.8) is 0 Å². The minimum atomic E-state index is -1.78. The van der Waals surface area contributed by atoms with Crippen molar-refractivity contribution in [2.45, 2.75) is 206 Å². The first-order chi connectivity index (χ1) is 43.7. The molecule has 4 aliphatic heterocycles. The van der Waals surface area contributed by atoms with E-state index in [-0.39, 0.29) is 119 Å². The van der Waals surface area contributed by atoms with Gasteiger partial charge in [0.15, 0.2) is 12.6 Å². The van der Waals surface area contributed by atoms with Crippen LogP contribution in [-0.2, 0) is 71.1 Å². The summed E-state index contributed by atoms with van der Waals surface area (Å²) in [4.78, 5) is 0.